The first-order valence-corrected chi connectivity index (χ1v) is 7.11. The van der Waals surface area contributed by atoms with Gasteiger partial charge in [0.15, 0.2) is 5.78 Å². The maximum atomic E-state index is 12.3. The fourth-order valence-electron chi connectivity index (χ4n) is 1.83. The lowest BCUT2D eigenvalue weighted by atomic mass is 10.1. The molecule has 100 valence electrons. The molecule has 0 fully saturated rings. The number of hydrogen-bond acceptors (Lipinski definition) is 4. The SMILES string of the molecule is CCOc1ccccc1C(=O)Cc1nc(C)c(C)s1. The highest BCUT2D eigenvalue weighted by molar-refractivity contribution is 7.11. The first-order chi connectivity index (χ1) is 9.11. The van der Waals surface area contributed by atoms with Gasteiger partial charge in [-0.3, -0.25) is 4.79 Å². The number of ketones is 1. The molecule has 0 radical (unpaired) electrons. The topological polar surface area (TPSA) is 39.2 Å². The van der Waals surface area contributed by atoms with E-state index in [4.69, 9.17) is 4.74 Å². The Morgan fingerprint density at radius 2 is 2.05 bits per heavy atom. The van der Waals surface area contributed by atoms with Gasteiger partial charge in [-0.25, -0.2) is 4.98 Å². The van der Waals surface area contributed by atoms with Crippen LogP contribution in [0.15, 0.2) is 24.3 Å². The summed E-state index contributed by atoms with van der Waals surface area (Å²) in [6.45, 7) is 6.46. The second kappa shape index (κ2) is 5.97. The number of Topliss-reactive ketones (excluding diaryl/α,β-unsaturated/α-hetero) is 1. The molecule has 0 unspecified atom stereocenters. The Labute approximate surface area is 117 Å². The highest BCUT2D eigenvalue weighted by Crippen LogP contribution is 2.22. The highest BCUT2D eigenvalue weighted by Gasteiger charge is 2.15. The summed E-state index contributed by atoms with van der Waals surface area (Å²) in [6.07, 6.45) is 0.337. The van der Waals surface area contributed by atoms with Gasteiger partial charge < -0.3 is 4.74 Å². The molecule has 4 heteroatoms. The summed E-state index contributed by atoms with van der Waals surface area (Å²) in [5, 5.41) is 0.867. The zero-order valence-corrected chi connectivity index (χ0v) is 12.2. The number of hydrogen-bond donors (Lipinski definition) is 0. The van der Waals surface area contributed by atoms with E-state index in [1.807, 2.05) is 39.0 Å². The quantitative estimate of drug-likeness (QED) is 0.783. The van der Waals surface area contributed by atoms with E-state index in [1.165, 1.54) is 4.88 Å². The first-order valence-electron chi connectivity index (χ1n) is 6.29. The third-order valence-corrected chi connectivity index (χ3v) is 3.94. The van der Waals surface area contributed by atoms with Gasteiger partial charge in [-0.1, -0.05) is 12.1 Å². The normalized spacial score (nSPS) is 10.5. The van der Waals surface area contributed by atoms with Gasteiger partial charge >= 0.3 is 0 Å². The molecule has 0 N–H and O–H groups in total. The van der Waals surface area contributed by atoms with Crippen LogP contribution in [0.1, 0.15) is 32.9 Å². The smallest absolute Gasteiger partial charge is 0.173 e. The third-order valence-electron chi connectivity index (χ3n) is 2.87. The van der Waals surface area contributed by atoms with E-state index in [2.05, 4.69) is 4.98 Å². The molecular weight excluding hydrogens is 258 g/mol. The average molecular weight is 275 g/mol. The molecule has 2 rings (SSSR count). The monoisotopic (exact) mass is 275 g/mol. The summed E-state index contributed by atoms with van der Waals surface area (Å²) in [4.78, 5) is 17.9. The fourth-order valence-corrected chi connectivity index (χ4v) is 2.76. The Morgan fingerprint density at radius 1 is 1.32 bits per heavy atom. The molecule has 0 saturated heterocycles. The third kappa shape index (κ3) is 3.20. The standard InChI is InChI=1S/C15H17NO2S/c1-4-18-14-8-6-5-7-12(14)13(17)9-15-16-10(2)11(3)19-15/h5-8H,4,9H2,1-3H3. The molecule has 1 aromatic heterocycles. The predicted molar refractivity (Wildman–Crippen MR) is 77.2 cm³/mol. The van der Waals surface area contributed by atoms with Crippen LogP contribution >= 0.6 is 11.3 Å². The summed E-state index contributed by atoms with van der Waals surface area (Å²) in [7, 11) is 0. The lowest BCUT2D eigenvalue weighted by Crippen LogP contribution is -2.06. The second-order valence-corrected chi connectivity index (χ2v) is 5.57. The van der Waals surface area contributed by atoms with Crippen LogP contribution in [0.2, 0.25) is 0 Å². The highest BCUT2D eigenvalue weighted by atomic mass is 32.1. The lowest BCUT2D eigenvalue weighted by molar-refractivity contribution is 0.0989. The summed E-state index contributed by atoms with van der Waals surface area (Å²) < 4.78 is 5.49. The van der Waals surface area contributed by atoms with E-state index < -0.39 is 0 Å². The number of para-hydroxylation sites is 1. The molecule has 0 aliphatic carbocycles. The number of rotatable bonds is 5. The minimum atomic E-state index is 0.0535. The van der Waals surface area contributed by atoms with Crippen molar-refractivity contribution < 1.29 is 9.53 Å². The van der Waals surface area contributed by atoms with E-state index >= 15 is 0 Å². The Bertz CT molecular complexity index is 570. The van der Waals surface area contributed by atoms with Crippen molar-refractivity contribution in [2.24, 2.45) is 0 Å². The zero-order valence-electron chi connectivity index (χ0n) is 11.4. The van der Waals surface area contributed by atoms with Crippen LogP contribution in [-0.4, -0.2) is 17.4 Å². The minimum Gasteiger partial charge on any atom is -0.493 e. The predicted octanol–water partition coefficient (Wildman–Crippen LogP) is 3.58. The molecule has 0 amide bonds. The van der Waals surface area contributed by atoms with Crippen LogP contribution in [0.5, 0.6) is 5.75 Å². The van der Waals surface area contributed by atoms with Crippen molar-refractivity contribution in [2.75, 3.05) is 6.61 Å². The van der Waals surface area contributed by atoms with Crippen molar-refractivity contribution >= 4 is 17.1 Å². The number of aryl methyl sites for hydroxylation is 2. The van der Waals surface area contributed by atoms with Gasteiger partial charge in [0.25, 0.3) is 0 Å². The zero-order chi connectivity index (χ0) is 13.8. The molecule has 2 aromatic rings. The van der Waals surface area contributed by atoms with E-state index in [-0.39, 0.29) is 5.78 Å². The molecule has 1 aromatic carbocycles. The van der Waals surface area contributed by atoms with Crippen molar-refractivity contribution in [3.63, 3.8) is 0 Å². The Hall–Kier alpha value is -1.68. The molecular formula is C15H17NO2S. The molecule has 0 saturated carbocycles. The number of nitrogens with zero attached hydrogens (tertiary/aromatic N) is 1. The Kier molecular flexibility index (Phi) is 4.32. The first kappa shape index (κ1) is 13.7. The van der Waals surface area contributed by atoms with Gasteiger partial charge in [0.1, 0.15) is 10.8 Å². The van der Waals surface area contributed by atoms with Crippen molar-refractivity contribution in [1.82, 2.24) is 4.98 Å². The lowest BCUT2D eigenvalue weighted by Gasteiger charge is -2.08. The van der Waals surface area contributed by atoms with E-state index in [0.29, 0.717) is 24.3 Å². The number of ether oxygens (including phenoxy) is 1. The average Bonchev–Trinajstić information content (AvgIpc) is 2.69. The van der Waals surface area contributed by atoms with Crippen molar-refractivity contribution in [3.8, 4) is 5.75 Å². The van der Waals surface area contributed by atoms with Crippen LogP contribution in [0.4, 0.5) is 0 Å². The maximum Gasteiger partial charge on any atom is 0.173 e. The molecule has 0 spiro atoms. The number of carbonyl (C=O) groups is 1. The van der Waals surface area contributed by atoms with Crippen molar-refractivity contribution in [1.29, 1.82) is 0 Å². The summed E-state index contributed by atoms with van der Waals surface area (Å²) >= 11 is 1.58. The fraction of sp³-hybridized carbons (Fsp3) is 0.333. The van der Waals surface area contributed by atoms with Gasteiger partial charge in [-0.15, -0.1) is 11.3 Å². The van der Waals surface area contributed by atoms with Crippen molar-refractivity contribution in [2.45, 2.75) is 27.2 Å². The molecule has 0 atom stereocenters. The van der Waals surface area contributed by atoms with E-state index in [0.717, 1.165) is 10.7 Å². The number of benzene rings is 1. The molecule has 0 bridgehead atoms. The summed E-state index contributed by atoms with van der Waals surface area (Å²) in [6, 6.07) is 7.36. The van der Waals surface area contributed by atoms with Crippen LogP contribution in [0.25, 0.3) is 0 Å². The van der Waals surface area contributed by atoms with Gasteiger partial charge in [0.05, 0.1) is 24.3 Å². The molecule has 3 nitrogen and oxygen atoms in total. The number of thiazole rings is 1. The molecule has 1 heterocycles. The van der Waals surface area contributed by atoms with Crippen LogP contribution < -0.4 is 4.74 Å². The van der Waals surface area contributed by atoms with Gasteiger partial charge in [-0.05, 0) is 32.9 Å². The Balaban J connectivity index is 2.20. The van der Waals surface area contributed by atoms with Crippen molar-refractivity contribution in [3.05, 3.63) is 45.4 Å². The number of carbonyl (C=O) groups excluding carboxylic acids is 1. The summed E-state index contributed by atoms with van der Waals surface area (Å²) in [5.41, 5.74) is 1.64. The van der Waals surface area contributed by atoms with Crippen LogP contribution in [-0.2, 0) is 6.42 Å². The van der Waals surface area contributed by atoms with Crippen LogP contribution in [0, 0.1) is 13.8 Å². The van der Waals surface area contributed by atoms with Gasteiger partial charge in [0, 0.05) is 4.88 Å². The molecule has 0 aliphatic heterocycles. The van der Waals surface area contributed by atoms with Crippen LogP contribution in [0.3, 0.4) is 0 Å². The van der Waals surface area contributed by atoms with E-state index in [9.17, 15) is 4.79 Å². The number of aromatic nitrogens is 1. The molecule has 0 aliphatic rings. The largest absolute Gasteiger partial charge is 0.493 e. The second-order valence-electron chi connectivity index (χ2n) is 4.28. The maximum absolute atomic E-state index is 12.3. The van der Waals surface area contributed by atoms with Gasteiger partial charge in [0.2, 0.25) is 0 Å². The van der Waals surface area contributed by atoms with E-state index in [1.54, 1.807) is 17.4 Å². The minimum absolute atomic E-state index is 0.0535. The van der Waals surface area contributed by atoms with Gasteiger partial charge in [-0.2, -0.15) is 0 Å². The molecule has 19 heavy (non-hydrogen) atoms. The Morgan fingerprint density at radius 3 is 2.68 bits per heavy atom. The summed E-state index contributed by atoms with van der Waals surface area (Å²) in [5.74, 6) is 0.706.